The van der Waals surface area contributed by atoms with Crippen LogP contribution in [0.15, 0.2) is 18.3 Å². The van der Waals surface area contributed by atoms with Gasteiger partial charge in [-0.05, 0) is 18.9 Å². The summed E-state index contributed by atoms with van der Waals surface area (Å²) >= 11 is 0. The summed E-state index contributed by atoms with van der Waals surface area (Å²) in [6.07, 6.45) is 3.26. The molecule has 1 saturated heterocycles. The summed E-state index contributed by atoms with van der Waals surface area (Å²) in [5, 5.41) is 9.36. The molecule has 0 aromatic carbocycles. The average Bonchev–Trinajstić information content (AvgIpc) is 2.19. The van der Waals surface area contributed by atoms with Gasteiger partial charge in [-0.15, -0.1) is 0 Å². The molecule has 2 heterocycles. The highest BCUT2D eigenvalue weighted by Crippen LogP contribution is 2.20. The van der Waals surface area contributed by atoms with Crippen molar-refractivity contribution in [1.29, 1.82) is 0 Å². The minimum Gasteiger partial charge on any atom is -0.393 e. The first-order valence-corrected chi connectivity index (χ1v) is 4.90. The number of rotatable bonds is 1. The van der Waals surface area contributed by atoms with E-state index in [9.17, 15) is 5.11 Å². The molecule has 1 aliphatic rings. The highest BCUT2D eigenvalue weighted by Gasteiger charge is 2.17. The van der Waals surface area contributed by atoms with E-state index in [0.29, 0.717) is 5.82 Å². The summed E-state index contributed by atoms with van der Waals surface area (Å²) in [6.45, 7) is 1.79. The molecule has 1 fully saturated rings. The third-order valence-electron chi connectivity index (χ3n) is 2.59. The second kappa shape index (κ2) is 3.84. The Hall–Kier alpha value is -1.29. The van der Waals surface area contributed by atoms with Crippen LogP contribution < -0.4 is 10.6 Å². The van der Waals surface area contributed by atoms with Crippen LogP contribution in [0.3, 0.4) is 0 Å². The molecule has 1 aromatic rings. The van der Waals surface area contributed by atoms with Gasteiger partial charge < -0.3 is 15.7 Å². The van der Waals surface area contributed by atoms with Crippen LogP contribution >= 0.6 is 0 Å². The van der Waals surface area contributed by atoms with E-state index >= 15 is 0 Å². The number of nitrogen functional groups attached to an aromatic ring is 1. The van der Waals surface area contributed by atoms with E-state index in [2.05, 4.69) is 9.88 Å². The number of hydrogen-bond donors (Lipinski definition) is 2. The molecule has 0 aliphatic carbocycles. The number of anilines is 2. The zero-order valence-electron chi connectivity index (χ0n) is 8.06. The Balaban J connectivity index is 2.08. The highest BCUT2D eigenvalue weighted by atomic mass is 16.3. The van der Waals surface area contributed by atoms with E-state index in [4.69, 9.17) is 5.73 Å². The summed E-state index contributed by atoms with van der Waals surface area (Å²) in [5.74, 6) is 0.550. The lowest BCUT2D eigenvalue weighted by atomic mass is 10.1. The first-order valence-electron chi connectivity index (χ1n) is 4.90. The van der Waals surface area contributed by atoms with Crippen molar-refractivity contribution >= 4 is 11.5 Å². The van der Waals surface area contributed by atoms with Gasteiger partial charge in [-0.25, -0.2) is 4.98 Å². The fourth-order valence-corrected chi connectivity index (χ4v) is 1.76. The van der Waals surface area contributed by atoms with E-state index < -0.39 is 0 Å². The smallest absolute Gasteiger partial charge is 0.125 e. The number of nitrogens with zero attached hydrogens (tertiary/aromatic N) is 2. The molecule has 1 aliphatic heterocycles. The number of nitrogens with two attached hydrogens (primary N) is 1. The van der Waals surface area contributed by atoms with Crippen molar-refractivity contribution in [2.75, 3.05) is 23.7 Å². The standard InChI is InChI=1S/C10H15N3O/c11-10-7-8(1-4-12-10)13-5-2-9(14)3-6-13/h1,4,7,9,14H,2-3,5-6H2,(H2,11,12). The fraction of sp³-hybridized carbons (Fsp3) is 0.500. The lowest BCUT2D eigenvalue weighted by Gasteiger charge is -2.31. The number of piperidine rings is 1. The van der Waals surface area contributed by atoms with Gasteiger partial charge in [0.25, 0.3) is 0 Å². The number of aromatic nitrogens is 1. The van der Waals surface area contributed by atoms with Gasteiger partial charge in [-0.2, -0.15) is 0 Å². The molecule has 0 amide bonds. The lowest BCUT2D eigenvalue weighted by Crippen LogP contribution is -2.35. The molecule has 0 radical (unpaired) electrons. The molecule has 1 aromatic heterocycles. The topological polar surface area (TPSA) is 62.4 Å². The average molecular weight is 193 g/mol. The first-order chi connectivity index (χ1) is 6.75. The third-order valence-corrected chi connectivity index (χ3v) is 2.59. The number of aliphatic hydroxyl groups excluding tert-OH is 1. The molecule has 3 N–H and O–H groups in total. The minimum absolute atomic E-state index is 0.134. The predicted molar refractivity (Wildman–Crippen MR) is 56.1 cm³/mol. The summed E-state index contributed by atoms with van der Waals surface area (Å²) in [7, 11) is 0. The van der Waals surface area contributed by atoms with E-state index in [1.807, 2.05) is 12.1 Å². The maximum absolute atomic E-state index is 9.36. The van der Waals surface area contributed by atoms with Crippen molar-refractivity contribution in [2.45, 2.75) is 18.9 Å². The van der Waals surface area contributed by atoms with Gasteiger partial charge in [0, 0.05) is 31.0 Å². The summed E-state index contributed by atoms with van der Waals surface area (Å²) in [6, 6.07) is 3.83. The zero-order chi connectivity index (χ0) is 9.97. The normalized spacial score (nSPS) is 18.5. The Kier molecular flexibility index (Phi) is 2.54. The predicted octanol–water partition coefficient (Wildman–Crippen LogP) is 0.625. The van der Waals surface area contributed by atoms with Crippen molar-refractivity contribution in [3.05, 3.63) is 18.3 Å². The quantitative estimate of drug-likeness (QED) is 0.686. The van der Waals surface area contributed by atoms with Crippen molar-refractivity contribution in [1.82, 2.24) is 4.98 Å². The van der Waals surface area contributed by atoms with Crippen LogP contribution in [0, 0.1) is 0 Å². The molecule has 4 heteroatoms. The van der Waals surface area contributed by atoms with Gasteiger partial charge in [-0.3, -0.25) is 0 Å². The van der Waals surface area contributed by atoms with Gasteiger partial charge in [-0.1, -0.05) is 0 Å². The first kappa shape index (κ1) is 9.27. The summed E-state index contributed by atoms with van der Waals surface area (Å²) in [5.41, 5.74) is 6.71. The van der Waals surface area contributed by atoms with E-state index in [1.165, 1.54) is 0 Å². The van der Waals surface area contributed by atoms with Gasteiger partial charge in [0.05, 0.1) is 6.10 Å². The van der Waals surface area contributed by atoms with Crippen molar-refractivity contribution < 1.29 is 5.11 Å². The van der Waals surface area contributed by atoms with Crippen LogP contribution in [0.4, 0.5) is 11.5 Å². The number of hydrogen-bond acceptors (Lipinski definition) is 4. The van der Waals surface area contributed by atoms with Crippen LogP contribution in [0.25, 0.3) is 0 Å². The van der Waals surface area contributed by atoms with Gasteiger partial charge >= 0.3 is 0 Å². The molecule has 0 atom stereocenters. The van der Waals surface area contributed by atoms with E-state index in [-0.39, 0.29) is 6.10 Å². The van der Waals surface area contributed by atoms with Crippen molar-refractivity contribution in [3.8, 4) is 0 Å². The Labute approximate surface area is 83.4 Å². The van der Waals surface area contributed by atoms with Crippen LogP contribution in [-0.4, -0.2) is 29.3 Å². The van der Waals surface area contributed by atoms with Crippen LogP contribution in [0.5, 0.6) is 0 Å². The highest BCUT2D eigenvalue weighted by molar-refractivity contribution is 5.52. The van der Waals surface area contributed by atoms with E-state index in [1.54, 1.807) is 6.20 Å². The Morgan fingerprint density at radius 3 is 2.79 bits per heavy atom. The molecular weight excluding hydrogens is 178 g/mol. The van der Waals surface area contributed by atoms with E-state index in [0.717, 1.165) is 31.6 Å². The SMILES string of the molecule is Nc1cc(N2CCC(O)CC2)ccn1. The zero-order valence-corrected chi connectivity index (χ0v) is 8.06. The monoisotopic (exact) mass is 193 g/mol. The third kappa shape index (κ3) is 1.96. The Bertz CT molecular complexity index is 308. The molecule has 76 valence electrons. The maximum Gasteiger partial charge on any atom is 0.125 e. The molecule has 0 unspecified atom stereocenters. The molecule has 0 spiro atoms. The summed E-state index contributed by atoms with van der Waals surface area (Å²) < 4.78 is 0. The van der Waals surface area contributed by atoms with Crippen molar-refractivity contribution in [2.24, 2.45) is 0 Å². The van der Waals surface area contributed by atoms with Crippen LogP contribution in [0.2, 0.25) is 0 Å². The molecular formula is C10H15N3O. The van der Waals surface area contributed by atoms with Crippen LogP contribution in [0.1, 0.15) is 12.8 Å². The van der Waals surface area contributed by atoms with Gasteiger partial charge in [0.2, 0.25) is 0 Å². The Morgan fingerprint density at radius 1 is 1.43 bits per heavy atom. The fourth-order valence-electron chi connectivity index (χ4n) is 1.76. The minimum atomic E-state index is -0.134. The second-order valence-corrected chi connectivity index (χ2v) is 3.66. The largest absolute Gasteiger partial charge is 0.393 e. The summed E-state index contributed by atoms with van der Waals surface area (Å²) in [4.78, 5) is 6.18. The van der Waals surface area contributed by atoms with Gasteiger partial charge in [0.15, 0.2) is 0 Å². The number of aliphatic hydroxyl groups is 1. The van der Waals surface area contributed by atoms with Gasteiger partial charge in [0.1, 0.15) is 5.82 Å². The van der Waals surface area contributed by atoms with Crippen LogP contribution in [-0.2, 0) is 0 Å². The second-order valence-electron chi connectivity index (χ2n) is 3.66. The molecule has 0 saturated carbocycles. The Morgan fingerprint density at radius 2 is 2.14 bits per heavy atom. The van der Waals surface area contributed by atoms with Crippen molar-refractivity contribution in [3.63, 3.8) is 0 Å². The molecule has 2 rings (SSSR count). The molecule has 0 bridgehead atoms. The number of pyridine rings is 1. The molecule has 4 nitrogen and oxygen atoms in total. The lowest BCUT2D eigenvalue weighted by molar-refractivity contribution is 0.145. The molecule has 14 heavy (non-hydrogen) atoms. The maximum atomic E-state index is 9.36.